The Kier molecular flexibility index (Phi) is 3.02. The molecule has 2 heterocycles. The van der Waals surface area contributed by atoms with Gasteiger partial charge in [-0.15, -0.1) is 0 Å². The summed E-state index contributed by atoms with van der Waals surface area (Å²) in [6.07, 6.45) is 1.17. The lowest BCUT2D eigenvalue weighted by atomic mass is 10.2. The van der Waals surface area contributed by atoms with Gasteiger partial charge in [0.15, 0.2) is 0 Å². The molecule has 0 aliphatic heterocycles. The molecule has 108 valence electrons. The summed E-state index contributed by atoms with van der Waals surface area (Å²) in [6, 6.07) is 8.98. The molecule has 0 atom stereocenters. The Labute approximate surface area is 121 Å². The average Bonchev–Trinajstić information content (AvgIpc) is 2.85. The molecule has 0 saturated heterocycles. The highest BCUT2D eigenvalue weighted by atomic mass is 32.2. The lowest BCUT2D eigenvalue weighted by Gasteiger charge is -2.10. The van der Waals surface area contributed by atoms with Gasteiger partial charge in [0.2, 0.25) is 0 Å². The lowest BCUT2D eigenvalue weighted by Crippen LogP contribution is -2.14. The van der Waals surface area contributed by atoms with Crippen molar-refractivity contribution in [3.8, 4) is 0 Å². The molecule has 0 amide bonds. The number of pyridine rings is 1. The number of nitrogens with zero attached hydrogens (tertiary/aromatic N) is 2. The van der Waals surface area contributed by atoms with Crippen LogP contribution in [0.4, 0.5) is 11.5 Å². The number of rotatable bonds is 3. The maximum atomic E-state index is 12.4. The Morgan fingerprint density at radius 1 is 1.29 bits per heavy atom. The fourth-order valence-corrected chi connectivity index (χ4v) is 3.19. The number of para-hydroxylation sites is 1. The predicted molar refractivity (Wildman–Crippen MR) is 80.3 cm³/mol. The molecule has 0 spiro atoms. The SMILES string of the molecule is Cc1cc(NS(=O)(=O)c2cn[nH]c2N)c2ccccc2n1. The fourth-order valence-electron chi connectivity index (χ4n) is 2.09. The molecule has 3 rings (SSSR count). The van der Waals surface area contributed by atoms with Crippen LogP contribution >= 0.6 is 0 Å². The first-order valence-electron chi connectivity index (χ1n) is 6.15. The minimum atomic E-state index is -3.81. The standard InChI is InChI=1S/C13H13N5O2S/c1-8-6-11(9-4-2-3-5-10(9)16-8)18-21(19,20)12-7-15-17-13(12)14/h2-7H,1H3,(H,16,18)(H3,14,15,17). The number of nitrogens with two attached hydrogens (primary N) is 1. The van der Waals surface area contributed by atoms with Gasteiger partial charge in [-0.05, 0) is 19.1 Å². The number of aromatic amines is 1. The fraction of sp³-hybridized carbons (Fsp3) is 0.0769. The second-order valence-corrected chi connectivity index (χ2v) is 6.23. The molecular formula is C13H13N5O2S. The lowest BCUT2D eigenvalue weighted by molar-refractivity contribution is 0.601. The van der Waals surface area contributed by atoms with Crippen molar-refractivity contribution in [3.63, 3.8) is 0 Å². The molecule has 0 aliphatic carbocycles. The van der Waals surface area contributed by atoms with E-state index < -0.39 is 10.0 Å². The van der Waals surface area contributed by atoms with Crippen LogP contribution < -0.4 is 10.5 Å². The molecule has 0 unspecified atom stereocenters. The van der Waals surface area contributed by atoms with Crippen LogP contribution in [0.15, 0.2) is 41.4 Å². The summed E-state index contributed by atoms with van der Waals surface area (Å²) in [4.78, 5) is 4.29. The minimum Gasteiger partial charge on any atom is -0.383 e. The van der Waals surface area contributed by atoms with Crippen LogP contribution in [0.5, 0.6) is 0 Å². The van der Waals surface area contributed by atoms with E-state index in [0.717, 1.165) is 5.52 Å². The first-order chi connectivity index (χ1) is 9.97. The molecular weight excluding hydrogens is 290 g/mol. The van der Waals surface area contributed by atoms with E-state index in [-0.39, 0.29) is 10.7 Å². The molecule has 0 radical (unpaired) electrons. The van der Waals surface area contributed by atoms with Crippen LogP contribution in [0.25, 0.3) is 10.9 Å². The number of hydrogen-bond donors (Lipinski definition) is 3. The van der Waals surface area contributed by atoms with Crippen LogP contribution in [0.3, 0.4) is 0 Å². The summed E-state index contributed by atoms with van der Waals surface area (Å²) < 4.78 is 27.3. The van der Waals surface area contributed by atoms with Crippen LogP contribution in [0, 0.1) is 6.92 Å². The topological polar surface area (TPSA) is 114 Å². The summed E-state index contributed by atoms with van der Waals surface area (Å²) in [5, 5.41) is 6.75. The number of H-pyrrole nitrogens is 1. The van der Waals surface area contributed by atoms with Crippen LogP contribution in [0.2, 0.25) is 0 Å². The van der Waals surface area contributed by atoms with Crippen molar-refractivity contribution >= 4 is 32.4 Å². The zero-order chi connectivity index (χ0) is 15.0. The molecule has 0 bridgehead atoms. The second-order valence-electron chi connectivity index (χ2n) is 4.58. The summed E-state index contributed by atoms with van der Waals surface area (Å²) >= 11 is 0. The van der Waals surface area contributed by atoms with E-state index in [1.807, 2.05) is 18.2 Å². The van der Waals surface area contributed by atoms with Crippen molar-refractivity contribution < 1.29 is 8.42 Å². The van der Waals surface area contributed by atoms with Gasteiger partial charge in [0, 0.05) is 11.1 Å². The molecule has 3 aromatic rings. The number of nitrogens with one attached hydrogen (secondary N) is 2. The van der Waals surface area contributed by atoms with Gasteiger partial charge >= 0.3 is 0 Å². The number of fused-ring (bicyclic) bond motifs is 1. The van der Waals surface area contributed by atoms with Gasteiger partial charge in [-0.1, -0.05) is 18.2 Å². The zero-order valence-electron chi connectivity index (χ0n) is 11.2. The van der Waals surface area contributed by atoms with Gasteiger partial charge in [0.1, 0.15) is 10.7 Å². The van der Waals surface area contributed by atoms with Crippen molar-refractivity contribution in [2.75, 3.05) is 10.5 Å². The van der Waals surface area contributed by atoms with Gasteiger partial charge in [-0.2, -0.15) is 5.10 Å². The molecule has 1 aromatic carbocycles. The number of aryl methyl sites for hydroxylation is 1. The molecule has 2 aromatic heterocycles. The summed E-state index contributed by atoms with van der Waals surface area (Å²) in [5.41, 5.74) is 7.46. The van der Waals surface area contributed by atoms with E-state index in [1.165, 1.54) is 6.20 Å². The van der Waals surface area contributed by atoms with Gasteiger partial charge in [-0.25, -0.2) is 8.42 Å². The Balaban J connectivity index is 2.12. The summed E-state index contributed by atoms with van der Waals surface area (Å²) in [5.74, 6) is -0.00224. The minimum absolute atomic E-state index is 0.00224. The monoisotopic (exact) mass is 303 g/mol. The number of nitrogen functional groups attached to an aromatic ring is 1. The third-order valence-electron chi connectivity index (χ3n) is 3.01. The number of benzene rings is 1. The molecule has 0 fully saturated rings. The van der Waals surface area contributed by atoms with Gasteiger partial charge in [-0.3, -0.25) is 14.8 Å². The summed E-state index contributed by atoms with van der Waals surface area (Å²) in [7, 11) is -3.81. The molecule has 4 N–H and O–H groups in total. The number of anilines is 2. The Bertz CT molecular complexity index is 917. The van der Waals surface area contributed by atoms with Gasteiger partial charge in [0.25, 0.3) is 10.0 Å². The van der Waals surface area contributed by atoms with E-state index in [2.05, 4.69) is 19.9 Å². The second kappa shape index (κ2) is 4.74. The smallest absolute Gasteiger partial charge is 0.267 e. The molecule has 0 saturated carbocycles. The third-order valence-corrected chi connectivity index (χ3v) is 4.40. The van der Waals surface area contributed by atoms with Gasteiger partial charge in [0.05, 0.1) is 17.4 Å². The van der Waals surface area contributed by atoms with Crippen molar-refractivity contribution in [2.45, 2.75) is 11.8 Å². The van der Waals surface area contributed by atoms with Crippen LogP contribution in [0.1, 0.15) is 5.69 Å². The van der Waals surface area contributed by atoms with Crippen LogP contribution in [-0.4, -0.2) is 23.6 Å². The van der Waals surface area contributed by atoms with E-state index in [1.54, 1.807) is 19.1 Å². The maximum Gasteiger partial charge on any atom is 0.267 e. The quantitative estimate of drug-likeness (QED) is 0.680. The third kappa shape index (κ3) is 2.40. The normalized spacial score (nSPS) is 11.7. The zero-order valence-corrected chi connectivity index (χ0v) is 12.0. The van der Waals surface area contributed by atoms with E-state index >= 15 is 0 Å². The molecule has 8 heteroatoms. The highest BCUT2D eigenvalue weighted by Crippen LogP contribution is 2.26. The highest BCUT2D eigenvalue weighted by molar-refractivity contribution is 7.92. The Morgan fingerprint density at radius 3 is 2.76 bits per heavy atom. The number of hydrogen-bond acceptors (Lipinski definition) is 5. The van der Waals surface area contributed by atoms with Crippen molar-refractivity contribution in [3.05, 3.63) is 42.2 Å². The highest BCUT2D eigenvalue weighted by Gasteiger charge is 2.20. The maximum absolute atomic E-state index is 12.4. The summed E-state index contributed by atoms with van der Waals surface area (Å²) in [6.45, 7) is 1.80. The van der Waals surface area contributed by atoms with E-state index in [4.69, 9.17) is 5.73 Å². The first kappa shape index (κ1) is 13.4. The molecule has 0 aliphatic rings. The molecule has 7 nitrogen and oxygen atoms in total. The van der Waals surface area contributed by atoms with Crippen molar-refractivity contribution in [2.24, 2.45) is 0 Å². The Morgan fingerprint density at radius 2 is 2.05 bits per heavy atom. The average molecular weight is 303 g/mol. The van der Waals surface area contributed by atoms with E-state index in [0.29, 0.717) is 16.8 Å². The van der Waals surface area contributed by atoms with Crippen molar-refractivity contribution in [1.82, 2.24) is 15.2 Å². The number of aromatic nitrogens is 3. The predicted octanol–water partition coefficient (Wildman–Crippen LogP) is 1.65. The van der Waals surface area contributed by atoms with Crippen LogP contribution in [-0.2, 0) is 10.0 Å². The first-order valence-corrected chi connectivity index (χ1v) is 7.64. The van der Waals surface area contributed by atoms with Crippen molar-refractivity contribution in [1.29, 1.82) is 0 Å². The Hall–Kier alpha value is -2.61. The van der Waals surface area contributed by atoms with Gasteiger partial charge < -0.3 is 5.73 Å². The van der Waals surface area contributed by atoms with E-state index in [9.17, 15) is 8.42 Å². The molecule has 21 heavy (non-hydrogen) atoms. The number of sulfonamides is 1. The largest absolute Gasteiger partial charge is 0.383 e.